The van der Waals surface area contributed by atoms with Crippen molar-refractivity contribution in [3.63, 3.8) is 0 Å². The van der Waals surface area contributed by atoms with Crippen LogP contribution in [0.3, 0.4) is 0 Å². The predicted octanol–water partition coefficient (Wildman–Crippen LogP) is 1.06. The van der Waals surface area contributed by atoms with Gasteiger partial charge in [0.15, 0.2) is 0 Å². The van der Waals surface area contributed by atoms with Crippen molar-refractivity contribution in [3.05, 3.63) is 48.3 Å². The average molecular weight is 246 g/mol. The van der Waals surface area contributed by atoms with Gasteiger partial charge in [-0.3, -0.25) is 4.98 Å². The van der Waals surface area contributed by atoms with E-state index in [9.17, 15) is 0 Å². The van der Waals surface area contributed by atoms with E-state index in [1.165, 1.54) is 5.56 Å². The summed E-state index contributed by atoms with van der Waals surface area (Å²) in [6.07, 6.45) is 7.55. The Morgan fingerprint density at radius 1 is 1.44 bits per heavy atom. The summed E-state index contributed by atoms with van der Waals surface area (Å²) in [5, 5.41) is 3.27. The number of pyridine rings is 1. The number of aromatic nitrogens is 3. The molecule has 5 nitrogen and oxygen atoms in total. The summed E-state index contributed by atoms with van der Waals surface area (Å²) < 4.78 is 7.03. The molecule has 0 amide bonds. The topological polar surface area (TPSA) is 52.0 Å². The van der Waals surface area contributed by atoms with E-state index in [0.717, 1.165) is 31.9 Å². The number of ether oxygens (including phenoxy) is 1. The van der Waals surface area contributed by atoms with E-state index in [0.29, 0.717) is 0 Å². The molecule has 0 atom stereocenters. The summed E-state index contributed by atoms with van der Waals surface area (Å²) in [5.41, 5.74) is 2.21. The lowest BCUT2D eigenvalue weighted by atomic mass is 10.3. The van der Waals surface area contributed by atoms with Gasteiger partial charge in [0.2, 0.25) is 0 Å². The van der Waals surface area contributed by atoms with Crippen molar-refractivity contribution >= 4 is 0 Å². The fourth-order valence-electron chi connectivity index (χ4n) is 1.68. The summed E-state index contributed by atoms with van der Waals surface area (Å²) in [6.45, 7) is 3.13. The molecular formula is C13H18N4O. The van der Waals surface area contributed by atoms with Gasteiger partial charge in [0.1, 0.15) is 0 Å². The summed E-state index contributed by atoms with van der Waals surface area (Å²) in [5.74, 6) is 0. The van der Waals surface area contributed by atoms with E-state index in [2.05, 4.69) is 25.9 Å². The van der Waals surface area contributed by atoms with E-state index in [-0.39, 0.29) is 0 Å². The van der Waals surface area contributed by atoms with Gasteiger partial charge in [-0.15, -0.1) is 0 Å². The monoisotopic (exact) mass is 246 g/mol. The third kappa shape index (κ3) is 3.94. The molecule has 2 aromatic rings. The summed E-state index contributed by atoms with van der Waals surface area (Å²) in [7, 11) is 1.70. The Balaban J connectivity index is 1.83. The van der Waals surface area contributed by atoms with E-state index in [4.69, 9.17) is 4.74 Å². The first-order chi connectivity index (χ1) is 8.88. The number of imidazole rings is 1. The average Bonchev–Trinajstić information content (AvgIpc) is 2.84. The van der Waals surface area contributed by atoms with Crippen LogP contribution in [0.25, 0.3) is 0 Å². The van der Waals surface area contributed by atoms with E-state index in [1.807, 2.05) is 24.8 Å². The lowest BCUT2D eigenvalue weighted by Gasteiger charge is -2.02. The molecule has 0 aliphatic heterocycles. The Morgan fingerprint density at radius 2 is 2.39 bits per heavy atom. The summed E-state index contributed by atoms with van der Waals surface area (Å²) in [6, 6.07) is 4.00. The highest BCUT2D eigenvalue weighted by Crippen LogP contribution is 2.02. The molecule has 0 spiro atoms. The molecule has 96 valence electrons. The van der Waals surface area contributed by atoms with Crippen molar-refractivity contribution in [1.29, 1.82) is 0 Å². The number of methoxy groups -OCH3 is 1. The molecule has 0 aliphatic carbocycles. The van der Waals surface area contributed by atoms with Gasteiger partial charge >= 0.3 is 0 Å². The first-order valence-electron chi connectivity index (χ1n) is 5.97. The number of nitrogens with zero attached hydrogens (tertiary/aromatic N) is 3. The molecule has 0 saturated heterocycles. The van der Waals surface area contributed by atoms with Crippen molar-refractivity contribution in [2.75, 3.05) is 20.3 Å². The minimum absolute atomic E-state index is 0.719. The quantitative estimate of drug-likeness (QED) is 0.742. The molecule has 18 heavy (non-hydrogen) atoms. The van der Waals surface area contributed by atoms with Gasteiger partial charge in [0, 0.05) is 38.8 Å². The van der Waals surface area contributed by atoms with Gasteiger partial charge in [-0.2, -0.15) is 0 Å². The normalized spacial score (nSPS) is 10.7. The van der Waals surface area contributed by atoms with Crippen LogP contribution in [0.4, 0.5) is 0 Å². The van der Waals surface area contributed by atoms with Crippen LogP contribution in [0, 0.1) is 0 Å². The second-order valence-corrected chi connectivity index (χ2v) is 4.07. The first-order valence-corrected chi connectivity index (χ1v) is 5.97. The zero-order valence-electron chi connectivity index (χ0n) is 10.5. The molecule has 0 saturated carbocycles. The number of hydrogen-bond donors (Lipinski definition) is 1. The lowest BCUT2D eigenvalue weighted by Crippen LogP contribution is -2.18. The van der Waals surface area contributed by atoms with Crippen LogP contribution in [0.2, 0.25) is 0 Å². The molecule has 0 radical (unpaired) electrons. The van der Waals surface area contributed by atoms with Gasteiger partial charge < -0.3 is 14.6 Å². The molecule has 0 bridgehead atoms. The Morgan fingerprint density at radius 3 is 3.17 bits per heavy atom. The molecule has 5 heteroatoms. The molecule has 0 fully saturated rings. The number of rotatable bonds is 7. The maximum absolute atomic E-state index is 4.97. The minimum atomic E-state index is 0.719. The van der Waals surface area contributed by atoms with Crippen molar-refractivity contribution in [2.45, 2.75) is 13.1 Å². The standard InChI is InChI=1S/C13H18N4O/c1-18-6-5-15-8-13-10-17(11-16-13)9-12-3-2-4-14-7-12/h2-4,7,10-11,15H,5-6,8-9H2,1H3. The Bertz CT molecular complexity index is 455. The zero-order chi connectivity index (χ0) is 12.6. The van der Waals surface area contributed by atoms with Crippen molar-refractivity contribution in [3.8, 4) is 0 Å². The highest BCUT2D eigenvalue weighted by molar-refractivity contribution is 5.10. The van der Waals surface area contributed by atoms with Gasteiger partial charge in [-0.1, -0.05) is 6.07 Å². The Hall–Kier alpha value is -1.72. The lowest BCUT2D eigenvalue weighted by molar-refractivity contribution is 0.199. The van der Waals surface area contributed by atoms with Crippen molar-refractivity contribution < 1.29 is 4.74 Å². The van der Waals surface area contributed by atoms with Gasteiger partial charge in [0.25, 0.3) is 0 Å². The molecular weight excluding hydrogens is 228 g/mol. The van der Waals surface area contributed by atoms with Crippen LogP contribution in [-0.4, -0.2) is 34.8 Å². The first kappa shape index (κ1) is 12.7. The minimum Gasteiger partial charge on any atom is -0.383 e. The molecule has 2 rings (SSSR count). The molecule has 2 aromatic heterocycles. The van der Waals surface area contributed by atoms with E-state index < -0.39 is 0 Å². The van der Waals surface area contributed by atoms with Crippen LogP contribution in [0.15, 0.2) is 37.1 Å². The fourth-order valence-corrected chi connectivity index (χ4v) is 1.68. The Labute approximate surface area is 107 Å². The SMILES string of the molecule is COCCNCc1cn(Cc2cccnc2)cn1. The van der Waals surface area contributed by atoms with Crippen LogP contribution in [-0.2, 0) is 17.8 Å². The molecule has 0 unspecified atom stereocenters. The zero-order valence-corrected chi connectivity index (χ0v) is 10.5. The van der Waals surface area contributed by atoms with Crippen LogP contribution in [0.1, 0.15) is 11.3 Å². The molecule has 0 aromatic carbocycles. The van der Waals surface area contributed by atoms with Crippen LogP contribution < -0.4 is 5.32 Å². The molecule has 1 N–H and O–H groups in total. The third-order valence-corrected chi connectivity index (χ3v) is 2.56. The fraction of sp³-hybridized carbons (Fsp3) is 0.385. The van der Waals surface area contributed by atoms with Crippen molar-refractivity contribution in [1.82, 2.24) is 19.9 Å². The van der Waals surface area contributed by atoms with Gasteiger partial charge in [-0.25, -0.2) is 4.98 Å². The predicted molar refractivity (Wildman–Crippen MR) is 69.1 cm³/mol. The van der Waals surface area contributed by atoms with Crippen LogP contribution in [0.5, 0.6) is 0 Å². The summed E-state index contributed by atoms with van der Waals surface area (Å²) in [4.78, 5) is 8.45. The number of hydrogen-bond acceptors (Lipinski definition) is 4. The Kier molecular flexibility index (Phi) is 4.87. The smallest absolute Gasteiger partial charge is 0.0953 e. The largest absolute Gasteiger partial charge is 0.383 e. The maximum atomic E-state index is 4.97. The third-order valence-electron chi connectivity index (χ3n) is 2.56. The second-order valence-electron chi connectivity index (χ2n) is 4.07. The molecule has 2 heterocycles. The summed E-state index contributed by atoms with van der Waals surface area (Å²) >= 11 is 0. The highest BCUT2D eigenvalue weighted by Gasteiger charge is 1.99. The van der Waals surface area contributed by atoms with E-state index in [1.54, 1.807) is 13.3 Å². The number of nitrogens with one attached hydrogen (secondary N) is 1. The van der Waals surface area contributed by atoms with Crippen LogP contribution >= 0.6 is 0 Å². The maximum Gasteiger partial charge on any atom is 0.0953 e. The van der Waals surface area contributed by atoms with Crippen molar-refractivity contribution in [2.24, 2.45) is 0 Å². The highest BCUT2D eigenvalue weighted by atomic mass is 16.5. The molecule has 0 aliphatic rings. The van der Waals surface area contributed by atoms with Gasteiger partial charge in [-0.05, 0) is 11.6 Å². The second kappa shape index (κ2) is 6.88. The van der Waals surface area contributed by atoms with E-state index >= 15 is 0 Å². The van der Waals surface area contributed by atoms with Gasteiger partial charge in [0.05, 0.1) is 25.2 Å².